The lowest BCUT2D eigenvalue weighted by Gasteiger charge is -2.11. The monoisotopic (exact) mass is 305 g/mol. The summed E-state index contributed by atoms with van der Waals surface area (Å²) in [6, 6.07) is 23.4. The van der Waals surface area contributed by atoms with Crippen molar-refractivity contribution < 1.29 is 0 Å². The second kappa shape index (κ2) is 6.71. The molecule has 0 radical (unpaired) electrons. The Bertz CT molecular complexity index is 757. The first kappa shape index (κ1) is 14.7. The van der Waals surface area contributed by atoms with Gasteiger partial charge in [0, 0.05) is 22.7 Å². The van der Waals surface area contributed by atoms with E-state index in [0.717, 1.165) is 6.54 Å². The SMILES string of the molecule is C=CCn1c(C)cc(-c2ccccc2)c1Sc1ccccc1. The molecule has 1 nitrogen and oxygen atoms in total. The number of aryl methyl sites for hydroxylation is 1. The third-order valence-corrected chi connectivity index (χ3v) is 4.75. The van der Waals surface area contributed by atoms with E-state index in [1.165, 1.54) is 26.7 Å². The number of allylic oxidation sites excluding steroid dienone is 1. The number of hydrogen-bond acceptors (Lipinski definition) is 1. The Morgan fingerprint density at radius 3 is 2.27 bits per heavy atom. The third-order valence-electron chi connectivity index (χ3n) is 3.61. The molecular weight excluding hydrogens is 286 g/mol. The van der Waals surface area contributed by atoms with Crippen molar-refractivity contribution in [2.75, 3.05) is 0 Å². The first-order valence-corrected chi connectivity index (χ1v) is 8.20. The fourth-order valence-corrected chi connectivity index (χ4v) is 3.68. The molecule has 2 heteroatoms. The van der Waals surface area contributed by atoms with Gasteiger partial charge in [0.25, 0.3) is 0 Å². The lowest BCUT2D eigenvalue weighted by atomic mass is 10.1. The quantitative estimate of drug-likeness (QED) is 0.539. The molecule has 1 aromatic heterocycles. The average Bonchev–Trinajstić information content (AvgIpc) is 2.86. The van der Waals surface area contributed by atoms with Crippen LogP contribution in [0.15, 0.2) is 89.3 Å². The number of rotatable bonds is 5. The minimum atomic E-state index is 0.827. The van der Waals surface area contributed by atoms with Crippen LogP contribution in [0, 0.1) is 6.92 Å². The molecule has 0 amide bonds. The van der Waals surface area contributed by atoms with Crippen LogP contribution in [-0.4, -0.2) is 4.57 Å². The van der Waals surface area contributed by atoms with Gasteiger partial charge in [0.2, 0.25) is 0 Å². The van der Waals surface area contributed by atoms with Crippen molar-refractivity contribution in [2.24, 2.45) is 0 Å². The Hall–Kier alpha value is -2.19. The molecule has 22 heavy (non-hydrogen) atoms. The molecule has 0 N–H and O–H groups in total. The van der Waals surface area contributed by atoms with Gasteiger partial charge in [-0.3, -0.25) is 0 Å². The molecule has 0 aliphatic heterocycles. The highest BCUT2D eigenvalue weighted by Gasteiger charge is 2.14. The number of nitrogens with zero attached hydrogens (tertiary/aromatic N) is 1. The maximum atomic E-state index is 3.90. The van der Waals surface area contributed by atoms with Crippen LogP contribution in [0.4, 0.5) is 0 Å². The predicted octanol–water partition coefficient (Wildman–Crippen LogP) is 5.80. The Labute approximate surface area is 136 Å². The molecule has 0 aliphatic carbocycles. The third kappa shape index (κ3) is 3.02. The topological polar surface area (TPSA) is 4.93 Å². The van der Waals surface area contributed by atoms with E-state index in [4.69, 9.17) is 0 Å². The Kier molecular flexibility index (Phi) is 4.50. The normalized spacial score (nSPS) is 10.6. The van der Waals surface area contributed by atoms with Crippen molar-refractivity contribution in [2.45, 2.75) is 23.4 Å². The zero-order valence-electron chi connectivity index (χ0n) is 12.7. The van der Waals surface area contributed by atoms with Gasteiger partial charge in [-0.1, -0.05) is 66.4 Å². The van der Waals surface area contributed by atoms with E-state index in [1.807, 2.05) is 17.8 Å². The van der Waals surface area contributed by atoms with Gasteiger partial charge in [-0.15, -0.1) is 6.58 Å². The van der Waals surface area contributed by atoms with E-state index >= 15 is 0 Å². The summed E-state index contributed by atoms with van der Waals surface area (Å²) in [5.74, 6) is 0. The average molecular weight is 305 g/mol. The summed E-state index contributed by atoms with van der Waals surface area (Å²) >= 11 is 1.81. The lowest BCUT2D eigenvalue weighted by Crippen LogP contribution is -1.99. The lowest BCUT2D eigenvalue weighted by molar-refractivity contribution is 0.728. The fourth-order valence-electron chi connectivity index (χ4n) is 2.54. The van der Waals surface area contributed by atoms with Crippen LogP contribution in [0.5, 0.6) is 0 Å². The predicted molar refractivity (Wildman–Crippen MR) is 95.4 cm³/mol. The van der Waals surface area contributed by atoms with Crippen LogP contribution in [0.3, 0.4) is 0 Å². The molecule has 110 valence electrons. The second-order valence-electron chi connectivity index (χ2n) is 5.18. The molecular formula is C20H19NS. The zero-order chi connectivity index (χ0) is 15.4. The van der Waals surface area contributed by atoms with Crippen molar-refractivity contribution in [1.29, 1.82) is 0 Å². The highest BCUT2D eigenvalue weighted by molar-refractivity contribution is 7.99. The van der Waals surface area contributed by atoms with Crippen molar-refractivity contribution in [3.05, 3.63) is 85.1 Å². The summed E-state index contributed by atoms with van der Waals surface area (Å²) in [7, 11) is 0. The van der Waals surface area contributed by atoms with Gasteiger partial charge in [0.15, 0.2) is 0 Å². The largest absolute Gasteiger partial charge is 0.336 e. The molecule has 0 spiro atoms. The maximum absolute atomic E-state index is 3.90. The number of benzene rings is 2. The van der Waals surface area contributed by atoms with Crippen molar-refractivity contribution in [3.8, 4) is 11.1 Å². The molecule has 0 aliphatic rings. The highest BCUT2D eigenvalue weighted by Crippen LogP contribution is 2.38. The van der Waals surface area contributed by atoms with Crippen LogP contribution < -0.4 is 0 Å². The van der Waals surface area contributed by atoms with Crippen LogP contribution >= 0.6 is 11.8 Å². The summed E-state index contributed by atoms with van der Waals surface area (Å²) in [5, 5.41) is 1.27. The minimum Gasteiger partial charge on any atom is -0.336 e. The molecule has 0 bridgehead atoms. The standard InChI is InChI=1S/C20H19NS/c1-3-14-21-16(2)15-19(17-10-6-4-7-11-17)20(21)22-18-12-8-5-9-13-18/h3-13,15H,1,14H2,2H3. The van der Waals surface area contributed by atoms with E-state index in [-0.39, 0.29) is 0 Å². The molecule has 1 heterocycles. The van der Waals surface area contributed by atoms with Crippen molar-refractivity contribution in [1.82, 2.24) is 4.57 Å². The number of hydrogen-bond donors (Lipinski definition) is 0. The Morgan fingerprint density at radius 1 is 1.00 bits per heavy atom. The van der Waals surface area contributed by atoms with Gasteiger partial charge >= 0.3 is 0 Å². The fraction of sp³-hybridized carbons (Fsp3) is 0.100. The van der Waals surface area contributed by atoms with Gasteiger partial charge in [-0.05, 0) is 30.7 Å². The summed E-state index contributed by atoms with van der Waals surface area (Å²) < 4.78 is 2.33. The minimum absolute atomic E-state index is 0.827. The molecule has 3 rings (SSSR count). The molecule has 2 aromatic carbocycles. The van der Waals surface area contributed by atoms with Crippen LogP contribution in [0.25, 0.3) is 11.1 Å². The molecule has 0 fully saturated rings. The van der Waals surface area contributed by atoms with E-state index in [9.17, 15) is 0 Å². The first-order chi connectivity index (χ1) is 10.8. The Morgan fingerprint density at radius 2 is 1.64 bits per heavy atom. The molecule has 0 saturated carbocycles. The van der Waals surface area contributed by atoms with E-state index in [0.29, 0.717) is 0 Å². The molecule has 0 saturated heterocycles. The second-order valence-corrected chi connectivity index (χ2v) is 6.25. The number of aromatic nitrogens is 1. The van der Waals surface area contributed by atoms with Crippen LogP contribution in [0.2, 0.25) is 0 Å². The summed E-state index contributed by atoms with van der Waals surface area (Å²) in [4.78, 5) is 1.25. The maximum Gasteiger partial charge on any atom is 0.0881 e. The molecule has 0 unspecified atom stereocenters. The van der Waals surface area contributed by atoms with Gasteiger partial charge < -0.3 is 4.57 Å². The molecule has 0 atom stereocenters. The van der Waals surface area contributed by atoms with Crippen LogP contribution in [-0.2, 0) is 6.54 Å². The van der Waals surface area contributed by atoms with Gasteiger partial charge in [-0.2, -0.15) is 0 Å². The van der Waals surface area contributed by atoms with Crippen molar-refractivity contribution >= 4 is 11.8 Å². The van der Waals surface area contributed by atoms with E-state index in [2.05, 4.69) is 84.8 Å². The van der Waals surface area contributed by atoms with Crippen LogP contribution in [0.1, 0.15) is 5.69 Å². The zero-order valence-corrected chi connectivity index (χ0v) is 13.5. The summed E-state index contributed by atoms with van der Waals surface area (Å²) in [6.07, 6.45) is 1.96. The van der Waals surface area contributed by atoms with Crippen molar-refractivity contribution in [3.63, 3.8) is 0 Å². The van der Waals surface area contributed by atoms with E-state index in [1.54, 1.807) is 0 Å². The highest BCUT2D eigenvalue weighted by atomic mass is 32.2. The Balaban J connectivity index is 2.10. The first-order valence-electron chi connectivity index (χ1n) is 7.39. The van der Waals surface area contributed by atoms with E-state index < -0.39 is 0 Å². The van der Waals surface area contributed by atoms with Gasteiger partial charge in [0.05, 0.1) is 5.03 Å². The summed E-state index contributed by atoms with van der Waals surface area (Å²) in [5.41, 5.74) is 3.80. The molecule has 3 aromatic rings. The smallest absolute Gasteiger partial charge is 0.0881 e. The summed E-state index contributed by atoms with van der Waals surface area (Å²) in [6.45, 7) is 6.88. The van der Waals surface area contributed by atoms with Gasteiger partial charge in [-0.25, -0.2) is 0 Å². The van der Waals surface area contributed by atoms with Gasteiger partial charge in [0.1, 0.15) is 0 Å².